The van der Waals surface area contributed by atoms with Crippen molar-refractivity contribution in [1.29, 1.82) is 0 Å². The number of halogens is 1. The van der Waals surface area contributed by atoms with E-state index in [0.717, 1.165) is 19.3 Å². The minimum atomic E-state index is 0.121. The molecule has 0 aliphatic carbocycles. The Morgan fingerprint density at radius 1 is 1.50 bits per heavy atom. The third-order valence-corrected chi connectivity index (χ3v) is 1.66. The topological polar surface area (TPSA) is 20.2 Å². The number of allylic oxidation sites excluding steroid dienone is 1. The summed E-state index contributed by atoms with van der Waals surface area (Å²) in [5.74, 6) is 0. The molecule has 2 heteroatoms. The van der Waals surface area contributed by atoms with Gasteiger partial charge in [0.05, 0.1) is 6.61 Å². The van der Waals surface area contributed by atoms with Gasteiger partial charge in [-0.3, -0.25) is 0 Å². The van der Waals surface area contributed by atoms with Crippen molar-refractivity contribution in [3.05, 3.63) is 12.2 Å². The van der Waals surface area contributed by atoms with E-state index in [4.69, 9.17) is 16.7 Å². The molecule has 0 saturated heterocycles. The fourth-order valence-electron chi connectivity index (χ4n) is 0.750. The highest BCUT2D eigenvalue weighted by molar-refractivity contribution is 6.20. The summed E-state index contributed by atoms with van der Waals surface area (Å²) in [4.78, 5) is 0. The minimum absolute atomic E-state index is 0.121. The van der Waals surface area contributed by atoms with Gasteiger partial charge in [-0.05, 0) is 12.8 Å². The highest BCUT2D eigenvalue weighted by Crippen LogP contribution is 2.09. The van der Waals surface area contributed by atoms with Crippen LogP contribution in [0.15, 0.2) is 12.2 Å². The van der Waals surface area contributed by atoms with Gasteiger partial charge < -0.3 is 5.11 Å². The molecular formula is C8H15ClO. The molecule has 0 aliphatic rings. The summed E-state index contributed by atoms with van der Waals surface area (Å²) < 4.78 is 0. The van der Waals surface area contributed by atoms with Crippen LogP contribution in [0.1, 0.15) is 26.2 Å². The zero-order chi connectivity index (χ0) is 7.82. The molecule has 1 nitrogen and oxygen atoms in total. The van der Waals surface area contributed by atoms with E-state index in [2.05, 4.69) is 6.92 Å². The number of rotatable bonds is 5. The second-order valence-electron chi connectivity index (χ2n) is 2.28. The lowest BCUT2D eigenvalue weighted by molar-refractivity contribution is 0.342. The monoisotopic (exact) mass is 162 g/mol. The summed E-state index contributed by atoms with van der Waals surface area (Å²) in [5, 5.41) is 8.62. The maximum atomic E-state index is 8.38. The molecule has 0 aromatic rings. The van der Waals surface area contributed by atoms with E-state index in [9.17, 15) is 0 Å². The summed E-state index contributed by atoms with van der Waals surface area (Å²) >= 11 is 5.88. The smallest absolute Gasteiger partial charge is 0.0612 e. The van der Waals surface area contributed by atoms with Crippen LogP contribution in [0.3, 0.4) is 0 Å². The van der Waals surface area contributed by atoms with Crippen molar-refractivity contribution >= 4 is 11.6 Å². The van der Waals surface area contributed by atoms with Crippen molar-refractivity contribution in [2.45, 2.75) is 31.6 Å². The molecule has 1 N–H and O–H groups in total. The van der Waals surface area contributed by atoms with Crippen LogP contribution in [0.5, 0.6) is 0 Å². The predicted molar refractivity (Wildman–Crippen MR) is 45.4 cm³/mol. The van der Waals surface area contributed by atoms with Gasteiger partial charge in [0.1, 0.15) is 0 Å². The van der Waals surface area contributed by atoms with Crippen LogP contribution in [0.25, 0.3) is 0 Å². The molecule has 0 radical (unpaired) electrons. The molecule has 1 unspecified atom stereocenters. The van der Waals surface area contributed by atoms with E-state index < -0.39 is 0 Å². The second-order valence-corrected chi connectivity index (χ2v) is 2.89. The molecule has 0 rings (SSSR count). The molecule has 60 valence electrons. The second kappa shape index (κ2) is 7.10. The first-order valence-electron chi connectivity index (χ1n) is 3.71. The highest BCUT2D eigenvalue weighted by atomic mass is 35.5. The van der Waals surface area contributed by atoms with Gasteiger partial charge >= 0.3 is 0 Å². The van der Waals surface area contributed by atoms with Crippen molar-refractivity contribution in [2.24, 2.45) is 0 Å². The van der Waals surface area contributed by atoms with Crippen LogP contribution in [-0.4, -0.2) is 17.1 Å². The quantitative estimate of drug-likeness (QED) is 0.486. The molecule has 0 fully saturated rings. The zero-order valence-corrected chi connectivity index (χ0v) is 7.14. The lowest BCUT2D eigenvalue weighted by atomic mass is 10.2. The van der Waals surface area contributed by atoms with Gasteiger partial charge in [-0.25, -0.2) is 0 Å². The van der Waals surface area contributed by atoms with Crippen LogP contribution in [0, 0.1) is 0 Å². The van der Waals surface area contributed by atoms with Gasteiger partial charge in [-0.1, -0.05) is 25.5 Å². The largest absolute Gasteiger partial charge is 0.392 e. The molecule has 1 atom stereocenters. The first-order valence-corrected chi connectivity index (χ1v) is 4.14. The van der Waals surface area contributed by atoms with Crippen LogP contribution in [0.2, 0.25) is 0 Å². The Bertz CT molecular complexity index is 91.3. The Labute approximate surface area is 67.7 Å². The minimum Gasteiger partial charge on any atom is -0.392 e. The van der Waals surface area contributed by atoms with Gasteiger partial charge in [-0.15, -0.1) is 11.6 Å². The summed E-state index contributed by atoms with van der Waals surface area (Å²) in [5.41, 5.74) is 0. The Hall–Kier alpha value is -0.0100. The summed E-state index contributed by atoms with van der Waals surface area (Å²) in [6.07, 6.45) is 6.70. The maximum absolute atomic E-state index is 8.38. The summed E-state index contributed by atoms with van der Waals surface area (Å²) in [6, 6.07) is 0. The molecular weight excluding hydrogens is 148 g/mol. The Morgan fingerprint density at radius 2 is 2.20 bits per heavy atom. The van der Waals surface area contributed by atoms with Crippen LogP contribution >= 0.6 is 11.6 Å². The van der Waals surface area contributed by atoms with Crippen LogP contribution in [-0.2, 0) is 0 Å². The highest BCUT2D eigenvalue weighted by Gasteiger charge is 1.97. The molecule has 0 heterocycles. The molecule has 0 aromatic heterocycles. The third-order valence-electron chi connectivity index (χ3n) is 1.27. The van der Waals surface area contributed by atoms with Crippen molar-refractivity contribution in [2.75, 3.05) is 6.61 Å². The molecule has 10 heavy (non-hydrogen) atoms. The molecule has 0 saturated carbocycles. The fraction of sp³-hybridized carbons (Fsp3) is 0.750. The van der Waals surface area contributed by atoms with Crippen molar-refractivity contribution in [1.82, 2.24) is 0 Å². The first kappa shape index (κ1) is 9.99. The van der Waals surface area contributed by atoms with Crippen molar-refractivity contribution < 1.29 is 5.11 Å². The molecule has 0 spiro atoms. The van der Waals surface area contributed by atoms with E-state index in [0.29, 0.717) is 0 Å². The van der Waals surface area contributed by atoms with E-state index in [1.807, 2.05) is 6.08 Å². The van der Waals surface area contributed by atoms with Gasteiger partial charge in [0.2, 0.25) is 0 Å². The van der Waals surface area contributed by atoms with Crippen LogP contribution in [0.4, 0.5) is 0 Å². The number of aliphatic hydroxyl groups is 1. The van der Waals surface area contributed by atoms with Gasteiger partial charge in [0.25, 0.3) is 0 Å². The predicted octanol–water partition coefficient (Wildman–Crippen LogP) is 2.33. The van der Waals surface area contributed by atoms with Gasteiger partial charge in [0, 0.05) is 5.38 Å². The Morgan fingerprint density at radius 3 is 2.70 bits per heavy atom. The lowest BCUT2D eigenvalue weighted by Gasteiger charge is -2.01. The van der Waals surface area contributed by atoms with E-state index in [-0.39, 0.29) is 12.0 Å². The van der Waals surface area contributed by atoms with Crippen molar-refractivity contribution in [3.8, 4) is 0 Å². The lowest BCUT2D eigenvalue weighted by Crippen LogP contribution is -1.94. The zero-order valence-electron chi connectivity index (χ0n) is 6.39. The van der Waals surface area contributed by atoms with E-state index in [1.54, 1.807) is 6.08 Å². The number of hydrogen-bond donors (Lipinski definition) is 1. The summed E-state index contributed by atoms with van der Waals surface area (Å²) in [7, 11) is 0. The average molecular weight is 163 g/mol. The maximum Gasteiger partial charge on any atom is 0.0612 e. The van der Waals surface area contributed by atoms with Crippen LogP contribution < -0.4 is 0 Å². The molecule has 0 bridgehead atoms. The fourth-order valence-corrected chi connectivity index (χ4v) is 1.07. The van der Waals surface area contributed by atoms with E-state index in [1.165, 1.54) is 0 Å². The number of alkyl halides is 1. The first-order chi connectivity index (χ1) is 4.81. The normalized spacial score (nSPS) is 14.3. The van der Waals surface area contributed by atoms with E-state index >= 15 is 0 Å². The molecule has 0 aromatic carbocycles. The number of aliphatic hydroxyl groups excluding tert-OH is 1. The third kappa shape index (κ3) is 6.12. The molecule has 0 amide bonds. The van der Waals surface area contributed by atoms with Gasteiger partial charge in [0.15, 0.2) is 0 Å². The standard InChI is InChI=1S/C8H15ClO/c1-2-5-8(9)6-3-4-7-10/h3-4,8,10H,2,5-7H2,1H3. The average Bonchev–Trinajstić information content (AvgIpc) is 1.89. The Balaban J connectivity index is 3.20. The SMILES string of the molecule is CCCC(Cl)CC=CCO. The Kier molecular flexibility index (Phi) is 7.09. The number of hydrogen-bond acceptors (Lipinski definition) is 1. The van der Waals surface area contributed by atoms with Gasteiger partial charge in [-0.2, -0.15) is 0 Å². The van der Waals surface area contributed by atoms with Crippen molar-refractivity contribution in [3.63, 3.8) is 0 Å². The molecule has 0 aliphatic heterocycles. The summed E-state index contributed by atoms with van der Waals surface area (Å²) in [6.45, 7) is 2.24.